The molecule has 1 unspecified atom stereocenters. The van der Waals surface area contributed by atoms with Crippen molar-refractivity contribution in [3.8, 4) is 0 Å². The Bertz CT molecular complexity index is 866. The smallest absolute Gasteiger partial charge is 0.396 e. The van der Waals surface area contributed by atoms with Crippen molar-refractivity contribution in [1.29, 1.82) is 0 Å². The van der Waals surface area contributed by atoms with Gasteiger partial charge in [0.2, 0.25) is 0 Å². The van der Waals surface area contributed by atoms with Crippen molar-refractivity contribution >= 4 is 11.7 Å². The number of hydrogen-bond acceptors (Lipinski definition) is 6. The van der Waals surface area contributed by atoms with Crippen LogP contribution in [0.5, 0.6) is 0 Å². The van der Waals surface area contributed by atoms with E-state index >= 15 is 0 Å². The van der Waals surface area contributed by atoms with Crippen LogP contribution < -0.4 is 5.73 Å². The van der Waals surface area contributed by atoms with Gasteiger partial charge in [0.1, 0.15) is 11.4 Å². The molecule has 1 saturated heterocycles. The number of hydrogen-bond donors (Lipinski definition) is 1. The molecule has 0 aromatic carbocycles. The molecule has 0 radical (unpaired) electrons. The number of carbonyl (C=O) groups is 2. The van der Waals surface area contributed by atoms with E-state index in [9.17, 15) is 22.8 Å². The second-order valence-corrected chi connectivity index (χ2v) is 7.81. The van der Waals surface area contributed by atoms with Gasteiger partial charge in [-0.25, -0.2) is 9.97 Å². The molecule has 1 aliphatic heterocycles. The molecule has 2 N–H and O–H groups in total. The molecule has 1 aromatic rings. The Hall–Kier alpha value is -2.49. The summed E-state index contributed by atoms with van der Waals surface area (Å²) in [7, 11) is 0. The molecule has 1 atom stereocenters. The SMILES string of the molecule is Cc1ncc(C(=O)N2CCOC3(C=C(N)C(=O)C(C)(C)C3)C2)c(C(F)(F)F)n1. The van der Waals surface area contributed by atoms with Gasteiger partial charge in [0.25, 0.3) is 5.91 Å². The van der Waals surface area contributed by atoms with Crippen LogP contribution in [0.4, 0.5) is 13.2 Å². The molecule has 0 bridgehead atoms. The molecular weight excluding hydrogens is 377 g/mol. The summed E-state index contributed by atoms with van der Waals surface area (Å²) in [6.45, 7) is 4.95. The van der Waals surface area contributed by atoms with Gasteiger partial charge in [-0.15, -0.1) is 0 Å². The van der Waals surface area contributed by atoms with E-state index in [4.69, 9.17) is 10.5 Å². The number of nitrogens with two attached hydrogens (primary N) is 1. The minimum atomic E-state index is -4.79. The molecule has 1 spiro atoms. The van der Waals surface area contributed by atoms with E-state index in [0.717, 1.165) is 6.20 Å². The zero-order chi connectivity index (χ0) is 20.9. The summed E-state index contributed by atoms with van der Waals surface area (Å²) in [5.74, 6) is -1.14. The van der Waals surface area contributed by atoms with Crippen molar-refractivity contribution in [1.82, 2.24) is 14.9 Å². The molecule has 1 fully saturated rings. The summed E-state index contributed by atoms with van der Waals surface area (Å²) in [6.07, 6.45) is -2.16. The molecule has 1 aromatic heterocycles. The number of ketones is 1. The number of Topliss-reactive ketones (excluding diaryl/α,β-unsaturated/α-hetero) is 1. The summed E-state index contributed by atoms with van der Waals surface area (Å²) in [4.78, 5) is 33.5. The number of rotatable bonds is 1. The average molecular weight is 398 g/mol. The zero-order valence-electron chi connectivity index (χ0n) is 15.8. The Labute approximate surface area is 159 Å². The molecule has 1 amide bonds. The average Bonchev–Trinajstić information content (AvgIpc) is 2.58. The molecule has 10 heteroatoms. The lowest BCUT2D eigenvalue weighted by atomic mass is 9.71. The van der Waals surface area contributed by atoms with Crippen LogP contribution in [0.2, 0.25) is 0 Å². The van der Waals surface area contributed by atoms with Gasteiger partial charge in [0.15, 0.2) is 11.5 Å². The number of alkyl halides is 3. The van der Waals surface area contributed by atoms with Crippen LogP contribution in [0.15, 0.2) is 18.0 Å². The normalized spacial score (nSPS) is 25.0. The molecule has 2 aliphatic rings. The summed E-state index contributed by atoms with van der Waals surface area (Å²) in [6, 6.07) is 0. The highest BCUT2D eigenvalue weighted by Crippen LogP contribution is 2.40. The quantitative estimate of drug-likeness (QED) is 0.775. The maximum atomic E-state index is 13.4. The lowest BCUT2D eigenvalue weighted by Crippen LogP contribution is -2.57. The Kier molecular flexibility index (Phi) is 4.73. The first-order valence-electron chi connectivity index (χ1n) is 8.72. The van der Waals surface area contributed by atoms with E-state index in [1.807, 2.05) is 0 Å². The fourth-order valence-corrected chi connectivity index (χ4v) is 3.81. The Balaban J connectivity index is 1.94. The third-order valence-electron chi connectivity index (χ3n) is 4.94. The van der Waals surface area contributed by atoms with Crippen molar-refractivity contribution in [2.45, 2.75) is 39.0 Å². The van der Waals surface area contributed by atoms with E-state index in [2.05, 4.69) is 9.97 Å². The predicted octanol–water partition coefficient (Wildman–Crippen LogP) is 1.86. The highest BCUT2D eigenvalue weighted by molar-refractivity contribution is 6.00. The molecule has 7 nitrogen and oxygen atoms in total. The fourth-order valence-electron chi connectivity index (χ4n) is 3.81. The lowest BCUT2D eigenvalue weighted by molar-refractivity contribution is -0.142. The van der Waals surface area contributed by atoms with Crippen LogP contribution in [0, 0.1) is 12.3 Å². The molecule has 152 valence electrons. The molecule has 1 aliphatic carbocycles. The van der Waals surface area contributed by atoms with Gasteiger partial charge in [0.05, 0.1) is 24.4 Å². The topological polar surface area (TPSA) is 98.4 Å². The van der Waals surface area contributed by atoms with Crippen molar-refractivity contribution in [3.05, 3.63) is 35.1 Å². The van der Waals surface area contributed by atoms with Gasteiger partial charge in [-0.1, -0.05) is 13.8 Å². The van der Waals surface area contributed by atoms with Crippen LogP contribution in [0.25, 0.3) is 0 Å². The monoisotopic (exact) mass is 398 g/mol. The number of morpholine rings is 1. The number of aryl methyl sites for hydroxylation is 1. The number of carbonyl (C=O) groups excluding carboxylic acids is 2. The number of halogens is 3. The number of nitrogens with zero attached hydrogens (tertiary/aromatic N) is 3. The third-order valence-corrected chi connectivity index (χ3v) is 4.94. The van der Waals surface area contributed by atoms with Crippen LogP contribution in [0.3, 0.4) is 0 Å². The van der Waals surface area contributed by atoms with E-state index < -0.39 is 34.4 Å². The van der Waals surface area contributed by atoms with Crippen molar-refractivity contribution in [2.75, 3.05) is 19.7 Å². The first-order valence-corrected chi connectivity index (χ1v) is 8.72. The molecular formula is C18H21F3N4O3. The largest absolute Gasteiger partial charge is 0.434 e. The summed E-state index contributed by atoms with van der Waals surface area (Å²) in [5, 5.41) is 0. The number of aromatic nitrogens is 2. The third kappa shape index (κ3) is 3.60. The Morgan fingerprint density at radius 1 is 1.36 bits per heavy atom. The molecule has 0 saturated carbocycles. The van der Waals surface area contributed by atoms with Crippen LogP contribution in [-0.4, -0.2) is 51.9 Å². The van der Waals surface area contributed by atoms with E-state index in [1.165, 1.54) is 17.9 Å². The molecule has 3 rings (SSSR count). The van der Waals surface area contributed by atoms with Gasteiger partial charge in [0, 0.05) is 18.2 Å². The van der Waals surface area contributed by atoms with Gasteiger partial charge in [-0.05, 0) is 19.4 Å². The summed E-state index contributed by atoms with van der Waals surface area (Å²) in [5.41, 5.74) is 2.16. The maximum Gasteiger partial charge on any atom is 0.434 e. The first kappa shape index (κ1) is 20.2. The minimum absolute atomic E-state index is 0.0194. The van der Waals surface area contributed by atoms with Crippen LogP contribution >= 0.6 is 0 Å². The molecule has 28 heavy (non-hydrogen) atoms. The van der Waals surface area contributed by atoms with Gasteiger partial charge in [-0.2, -0.15) is 13.2 Å². The fraction of sp³-hybridized carbons (Fsp3) is 0.556. The number of amides is 1. The number of allylic oxidation sites excluding steroid dienone is 1. The van der Waals surface area contributed by atoms with Gasteiger partial charge >= 0.3 is 6.18 Å². The highest BCUT2D eigenvalue weighted by Gasteiger charge is 2.48. The first-order chi connectivity index (χ1) is 12.8. The predicted molar refractivity (Wildman–Crippen MR) is 92.0 cm³/mol. The van der Waals surface area contributed by atoms with Gasteiger partial charge < -0.3 is 15.4 Å². The summed E-state index contributed by atoms with van der Waals surface area (Å²) >= 11 is 0. The standard InChI is InChI=1S/C18H21F3N4O3/c1-10-23-7-11(13(24-10)18(19,20)21)15(27)25-4-5-28-17(9-25)6-12(22)14(26)16(2,3)8-17/h6-7H,4-5,8-9,22H2,1-3H3. The Morgan fingerprint density at radius 2 is 2.04 bits per heavy atom. The second-order valence-electron chi connectivity index (χ2n) is 7.81. The lowest BCUT2D eigenvalue weighted by Gasteiger charge is -2.46. The summed E-state index contributed by atoms with van der Waals surface area (Å²) < 4.78 is 45.9. The van der Waals surface area contributed by atoms with Crippen LogP contribution in [0.1, 0.15) is 42.1 Å². The number of ether oxygens (including phenoxy) is 1. The van der Waals surface area contributed by atoms with Gasteiger partial charge in [-0.3, -0.25) is 9.59 Å². The van der Waals surface area contributed by atoms with Crippen molar-refractivity contribution < 1.29 is 27.5 Å². The van der Waals surface area contributed by atoms with Crippen LogP contribution in [-0.2, 0) is 15.7 Å². The van der Waals surface area contributed by atoms with E-state index in [1.54, 1.807) is 13.8 Å². The molecule has 2 heterocycles. The minimum Gasteiger partial charge on any atom is -0.396 e. The second kappa shape index (κ2) is 6.54. The van der Waals surface area contributed by atoms with E-state index in [0.29, 0.717) is 0 Å². The highest BCUT2D eigenvalue weighted by atomic mass is 19.4. The zero-order valence-corrected chi connectivity index (χ0v) is 15.8. The van der Waals surface area contributed by atoms with Crippen molar-refractivity contribution in [3.63, 3.8) is 0 Å². The Morgan fingerprint density at radius 3 is 2.64 bits per heavy atom. The van der Waals surface area contributed by atoms with Crippen molar-refractivity contribution in [2.24, 2.45) is 11.1 Å². The maximum absolute atomic E-state index is 13.4. The van der Waals surface area contributed by atoms with E-state index in [-0.39, 0.29) is 43.4 Å².